The molecule has 27 heavy (non-hydrogen) atoms. The van der Waals surface area contributed by atoms with E-state index in [-0.39, 0.29) is 12.8 Å². The van der Waals surface area contributed by atoms with E-state index in [1.54, 1.807) is 0 Å². The summed E-state index contributed by atoms with van der Waals surface area (Å²) < 4.78 is 13.0. The van der Waals surface area contributed by atoms with Crippen molar-refractivity contribution in [1.82, 2.24) is 25.5 Å². The molecule has 146 valence electrons. The van der Waals surface area contributed by atoms with Crippen LogP contribution in [0.5, 0.6) is 11.5 Å². The zero-order valence-corrected chi connectivity index (χ0v) is 15.8. The van der Waals surface area contributed by atoms with Gasteiger partial charge in [-0.25, -0.2) is 4.68 Å². The molecule has 0 bridgehead atoms. The van der Waals surface area contributed by atoms with Crippen LogP contribution in [0.1, 0.15) is 62.9 Å². The number of hydrogen-bond acceptors (Lipinski definition) is 7. The number of nitrogens with two attached hydrogens (primary N) is 1. The molecular formula is C19H28N6O2. The molecule has 1 saturated carbocycles. The number of unbranched alkanes of at least 4 members (excludes halogenated alkanes) is 1. The molecule has 1 atom stereocenters. The second-order valence-electron chi connectivity index (χ2n) is 7.44. The first-order chi connectivity index (χ1) is 13.2. The second kappa shape index (κ2) is 8.22. The number of tetrazole rings is 1. The summed E-state index contributed by atoms with van der Waals surface area (Å²) in [5, 5.41) is 16.3. The van der Waals surface area contributed by atoms with Crippen molar-refractivity contribution in [2.75, 3.05) is 6.79 Å². The number of benzene rings is 1. The van der Waals surface area contributed by atoms with Crippen LogP contribution in [0.4, 0.5) is 0 Å². The Morgan fingerprint density at radius 1 is 1.22 bits per heavy atom. The van der Waals surface area contributed by atoms with Crippen LogP contribution in [0, 0.1) is 0 Å². The smallest absolute Gasteiger partial charge is 0.231 e. The predicted molar refractivity (Wildman–Crippen MR) is 101 cm³/mol. The van der Waals surface area contributed by atoms with E-state index in [4.69, 9.17) is 15.2 Å². The lowest BCUT2D eigenvalue weighted by molar-refractivity contribution is 0.174. The maximum absolute atomic E-state index is 6.08. The minimum atomic E-state index is -0.0920. The van der Waals surface area contributed by atoms with Gasteiger partial charge in [0.15, 0.2) is 17.3 Å². The van der Waals surface area contributed by atoms with Crippen LogP contribution >= 0.6 is 0 Å². The average Bonchev–Trinajstić information content (AvgIpc) is 3.34. The van der Waals surface area contributed by atoms with Gasteiger partial charge in [0.2, 0.25) is 6.79 Å². The highest BCUT2D eigenvalue weighted by molar-refractivity contribution is 5.46. The quantitative estimate of drug-likeness (QED) is 0.768. The molecule has 2 aliphatic rings. The molecule has 1 unspecified atom stereocenters. The van der Waals surface area contributed by atoms with Crippen LogP contribution in [0.15, 0.2) is 18.2 Å². The summed E-state index contributed by atoms with van der Waals surface area (Å²) in [7, 11) is 0. The summed E-state index contributed by atoms with van der Waals surface area (Å²) in [5.41, 5.74) is 7.16. The first kappa shape index (κ1) is 18.2. The molecule has 3 N–H and O–H groups in total. The SMILES string of the molecule is CCCCn1nnnc1C(NC1CCC(N)CC1)c1ccc2c(c1)OCO2. The minimum absolute atomic E-state index is 0.0920. The van der Waals surface area contributed by atoms with Crippen molar-refractivity contribution in [3.63, 3.8) is 0 Å². The molecule has 1 aromatic heterocycles. The van der Waals surface area contributed by atoms with E-state index in [1.807, 2.05) is 16.8 Å². The maximum atomic E-state index is 6.08. The van der Waals surface area contributed by atoms with Crippen molar-refractivity contribution >= 4 is 0 Å². The second-order valence-corrected chi connectivity index (χ2v) is 7.44. The Balaban J connectivity index is 1.62. The van der Waals surface area contributed by atoms with Crippen molar-refractivity contribution in [2.45, 2.75) is 70.1 Å². The fraction of sp³-hybridized carbons (Fsp3) is 0.632. The van der Waals surface area contributed by atoms with E-state index in [9.17, 15) is 0 Å². The molecule has 0 amide bonds. The highest BCUT2D eigenvalue weighted by atomic mass is 16.7. The molecule has 2 heterocycles. The van der Waals surface area contributed by atoms with Gasteiger partial charge in [-0.05, 0) is 60.2 Å². The molecule has 8 heteroatoms. The fourth-order valence-electron chi connectivity index (χ4n) is 3.82. The lowest BCUT2D eigenvalue weighted by Gasteiger charge is -2.30. The molecule has 0 saturated heterocycles. The Kier molecular flexibility index (Phi) is 5.54. The standard InChI is InChI=1S/C19H28N6O2/c1-2-3-10-25-19(22-23-24-25)18(21-15-7-5-14(20)6-8-15)13-4-9-16-17(11-13)27-12-26-16/h4,9,11,14-15,18,21H,2-3,5-8,10,12,20H2,1H3. The third-order valence-electron chi connectivity index (χ3n) is 5.45. The number of hydrogen-bond donors (Lipinski definition) is 2. The van der Waals surface area contributed by atoms with Crippen LogP contribution < -0.4 is 20.5 Å². The summed E-state index contributed by atoms with van der Waals surface area (Å²) >= 11 is 0. The van der Waals surface area contributed by atoms with Gasteiger partial charge in [-0.1, -0.05) is 19.4 Å². The number of aromatic nitrogens is 4. The van der Waals surface area contributed by atoms with Gasteiger partial charge in [0.25, 0.3) is 0 Å². The number of ether oxygens (including phenoxy) is 2. The van der Waals surface area contributed by atoms with E-state index < -0.39 is 0 Å². The molecule has 0 spiro atoms. The number of fused-ring (bicyclic) bond motifs is 1. The van der Waals surface area contributed by atoms with Crippen LogP contribution in [0.3, 0.4) is 0 Å². The summed E-state index contributed by atoms with van der Waals surface area (Å²) in [6.07, 6.45) is 6.38. The zero-order chi connectivity index (χ0) is 18.6. The molecule has 0 radical (unpaired) electrons. The fourth-order valence-corrected chi connectivity index (χ4v) is 3.82. The first-order valence-electron chi connectivity index (χ1n) is 9.92. The minimum Gasteiger partial charge on any atom is -0.454 e. The topological polar surface area (TPSA) is 100 Å². The van der Waals surface area contributed by atoms with Crippen molar-refractivity contribution < 1.29 is 9.47 Å². The Hall–Kier alpha value is -2.19. The Bertz CT molecular complexity index is 756. The van der Waals surface area contributed by atoms with Gasteiger partial charge in [0.1, 0.15) is 0 Å². The molecule has 1 aliphatic heterocycles. The van der Waals surface area contributed by atoms with Crippen molar-refractivity contribution in [1.29, 1.82) is 0 Å². The van der Waals surface area contributed by atoms with Gasteiger partial charge in [-0.15, -0.1) is 5.10 Å². The third kappa shape index (κ3) is 4.06. The predicted octanol–water partition coefficient (Wildman–Crippen LogP) is 2.15. The van der Waals surface area contributed by atoms with Gasteiger partial charge in [0, 0.05) is 18.6 Å². The van der Waals surface area contributed by atoms with Crippen LogP contribution in [0.25, 0.3) is 0 Å². The van der Waals surface area contributed by atoms with Crippen LogP contribution in [0.2, 0.25) is 0 Å². The third-order valence-corrected chi connectivity index (χ3v) is 5.45. The normalized spacial score (nSPS) is 22.7. The monoisotopic (exact) mass is 372 g/mol. The van der Waals surface area contributed by atoms with Crippen molar-refractivity contribution in [2.24, 2.45) is 5.73 Å². The summed E-state index contributed by atoms with van der Waals surface area (Å²) in [6, 6.07) is 6.69. The van der Waals surface area contributed by atoms with Gasteiger partial charge >= 0.3 is 0 Å². The van der Waals surface area contributed by atoms with Crippen LogP contribution in [-0.4, -0.2) is 39.1 Å². The molecular weight excluding hydrogens is 344 g/mol. The molecule has 1 aliphatic carbocycles. The number of nitrogens with one attached hydrogen (secondary N) is 1. The molecule has 2 aromatic rings. The Morgan fingerprint density at radius 3 is 2.85 bits per heavy atom. The summed E-state index contributed by atoms with van der Waals surface area (Å²) in [6.45, 7) is 3.26. The zero-order valence-electron chi connectivity index (χ0n) is 15.8. The summed E-state index contributed by atoms with van der Waals surface area (Å²) in [5.74, 6) is 2.40. The van der Waals surface area contributed by atoms with Crippen LogP contribution in [-0.2, 0) is 6.54 Å². The number of nitrogens with zero attached hydrogens (tertiary/aromatic N) is 4. The lowest BCUT2D eigenvalue weighted by atomic mass is 9.90. The van der Waals surface area contributed by atoms with Gasteiger partial charge < -0.3 is 20.5 Å². The molecule has 4 rings (SSSR count). The first-order valence-corrected chi connectivity index (χ1v) is 9.92. The highest BCUT2D eigenvalue weighted by Crippen LogP contribution is 2.36. The van der Waals surface area contributed by atoms with E-state index >= 15 is 0 Å². The largest absolute Gasteiger partial charge is 0.454 e. The van der Waals surface area contributed by atoms with Gasteiger partial charge in [0.05, 0.1) is 6.04 Å². The summed E-state index contributed by atoms with van der Waals surface area (Å²) in [4.78, 5) is 0. The van der Waals surface area contributed by atoms with E-state index in [0.717, 1.165) is 68.0 Å². The average molecular weight is 372 g/mol. The number of aryl methyl sites for hydroxylation is 1. The van der Waals surface area contributed by atoms with Gasteiger partial charge in [-0.3, -0.25) is 0 Å². The number of rotatable bonds is 7. The van der Waals surface area contributed by atoms with E-state index in [0.29, 0.717) is 12.1 Å². The Labute approximate surface area is 159 Å². The maximum Gasteiger partial charge on any atom is 0.231 e. The van der Waals surface area contributed by atoms with Gasteiger partial charge in [-0.2, -0.15) is 0 Å². The van der Waals surface area contributed by atoms with Crippen molar-refractivity contribution in [3.8, 4) is 11.5 Å². The highest BCUT2D eigenvalue weighted by Gasteiger charge is 2.28. The van der Waals surface area contributed by atoms with E-state index in [1.165, 1.54) is 0 Å². The Morgan fingerprint density at radius 2 is 2.04 bits per heavy atom. The molecule has 8 nitrogen and oxygen atoms in total. The van der Waals surface area contributed by atoms with E-state index in [2.05, 4.69) is 33.8 Å². The molecule has 1 fully saturated rings. The van der Waals surface area contributed by atoms with Crippen molar-refractivity contribution in [3.05, 3.63) is 29.6 Å². The lowest BCUT2D eigenvalue weighted by Crippen LogP contribution is -2.40. The molecule has 1 aromatic carbocycles.